The van der Waals surface area contributed by atoms with Gasteiger partial charge in [-0.25, -0.2) is 0 Å². The van der Waals surface area contributed by atoms with Crippen molar-refractivity contribution in [1.82, 2.24) is 0 Å². The number of ether oxygens (including phenoxy) is 1. The van der Waals surface area contributed by atoms with Gasteiger partial charge in [-0.2, -0.15) is 13.2 Å². The first-order valence-corrected chi connectivity index (χ1v) is 9.10. The largest absolute Gasteiger partial charge is 0.484 e. The highest BCUT2D eigenvalue weighted by atomic mass is 19.4. The number of hydrogen-bond acceptors (Lipinski definition) is 3. The van der Waals surface area contributed by atoms with E-state index in [4.69, 9.17) is 10.5 Å². The van der Waals surface area contributed by atoms with Gasteiger partial charge in [-0.3, -0.25) is 4.79 Å². The van der Waals surface area contributed by atoms with Crippen molar-refractivity contribution in [3.63, 3.8) is 0 Å². The summed E-state index contributed by atoms with van der Waals surface area (Å²) in [5.74, 6) is 0.735. The molecule has 0 radical (unpaired) electrons. The minimum Gasteiger partial charge on any atom is -0.484 e. The Balaban J connectivity index is 1.66. The van der Waals surface area contributed by atoms with Crippen molar-refractivity contribution in [2.24, 2.45) is 23.5 Å². The Hall–Kier alpha value is -1.76. The quantitative estimate of drug-likeness (QED) is 0.841. The van der Waals surface area contributed by atoms with Gasteiger partial charge in [0, 0.05) is 23.2 Å². The van der Waals surface area contributed by atoms with E-state index >= 15 is 0 Å². The summed E-state index contributed by atoms with van der Waals surface area (Å²) in [6.07, 6.45) is 0.488. The van der Waals surface area contributed by atoms with Gasteiger partial charge in [-0.1, -0.05) is 12.5 Å². The normalized spacial score (nSPS) is 28.5. The third-order valence-electron chi connectivity index (χ3n) is 5.72. The lowest BCUT2D eigenvalue weighted by Gasteiger charge is -2.43. The molecule has 7 heteroatoms. The summed E-state index contributed by atoms with van der Waals surface area (Å²) in [5, 5.41) is 2.88. The Morgan fingerprint density at radius 3 is 2.54 bits per heavy atom. The number of benzene rings is 1. The molecule has 4 nitrogen and oxygen atoms in total. The topological polar surface area (TPSA) is 64.4 Å². The Bertz CT molecular complexity index is 649. The molecule has 1 aromatic rings. The molecule has 2 fully saturated rings. The molecule has 1 aromatic carbocycles. The highest BCUT2D eigenvalue weighted by molar-refractivity contribution is 5.93. The van der Waals surface area contributed by atoms with Gasteiger partial charge in [0.2, 0.25) is 5.91 Å². The summed E-state index contributed by atoms with van der Waals surface area (Å²) >= 11 is 0. The Labute approximate surface area is 151 Å². The maximum Gasteiger partial charge on any atom is 0.422 e. The number of carbonyl (C=O) groups excluding carboxylic acids is 1. The minimum atomic E-state index is -4.40. The Morgan fingerprint density at radius 1 is 1.27 bits per heavy atom. The molecule has 3 N–H and O–H groups in total. The smallest absolute Gasteiger partial charge is 0.422 e. The van der Waals surface area contributed by atoms with Crippen LogP contribution in [0.2, 0.25) is 0 Å². The highest BCUT2D eigenvalue weighted by Crippen LogP contribution is 2.42. The molecule has 0 aliphatic heterocycles. The van der Waals surface area contributed by atoms with Gasteiger partial charge in [0.1, 0.15) is 5.75 Å². The maximum absolute atomic E-state index is 12.7. The monoisotopic (exact) mass is 370 g/mol. The van der Waals surface area contributed by atoms with E-state index in [1.54, 1.807) is 19.1 Å². The van der Waals surface area contributed by atoms with Gasteiger partial charge in [-0.05, 0) is 56.6 Å². The van der Waals surface area contributed by atoms with Gasteiger partial charge < -0.3 is 15.8 Å². The lowest BCUT2D eigenvalue weighted by molar-refractivity contribution is -0.153. The van der Waals surface area contributed by atoms with Crippen LogP contribution in [0.4, 0.5) is 18.9 Å². The third kappa shape index (κ3) is 4.31. The fraction of sp³-hybridized carbons (Fsp3) is 0.632. The number of amides is 1. The standard InChI is InChI=1S/C19H25F3N2O2/c1-11-15(6-3-7-16(11)26-10-19(20,21)22)24-18(25)14-8-12-4-2-5-13(9-14)17(12)23/h3,6-7,12-14,17H,2,4-5,8-10,23H2,1H3,(H,24,25). The zero-order chi connectivity index (χ0) is 18.9. The number of anilines is 1. The van der Waals surface area contributed by atoms with Crippen molar-refractivity contribution in [1.29, 1.82) is 0 Å². The van der Waals surface area contributed by atoms with Crippen molar-refractivity contribution in [3.8, 4) is 5.75 Å². The number of alkyl halides is 3. The van der Waals surface area contributed by atoms with Gasteiger partial charge in [0.25, 0.3) is 0 Å². The molecule has 1 amide bonds. The molecule has 0 aromatic heterocycles. The molecule has 144 valence electrons. The highest BCUT2D eigenvalue weighted by Gasteiger charge is 2.40. The van der Waals surface area contributed by atoms with Gasteiger partial charge in [0.05, 0.1) is 0 Å². The van der Waals surface area contributed by atoms with Crippen LogP contribution >= 0.6 is 0 Å². The average Bonchev–Trinajstić information content (AvgIpc) is 2.54. The molecule has 0 heterocycles. The second-order valence-electron chi connectivity index (χ2n) is 7.52. The van der Waals surface area contributed by atoms with Crippen LogP contribution in [0.1, 0.15) is 37.7 Å². The van der Waals surface area contributed by atoms with Crippen LogP contribution in [0.3, 0.4) is 0 Å². The van der Waals surface area contributed by atoms with E-state index in [1.807, 2.05) is 0 Å². The Morgan fingerprint density at radius 2 is 1.92 bits per heavy atom. The van der Waals surface area contributed by atoms with E-state index in [0.29, 0.717) is 23.1 Å². The van der Waals surface area contributed by atoms with Crippen LogP contribution in [0.5, 0.6) is 5.75 Å². The maximum atomic E-state index is 12.7. The van der Waals surface area contributed by atoms with Crippen molar-refractivity contribution in [2.75, 3.05) is 11.9 Å². The molecule has 2 bridgehead atoms. The summed E-state index contributed by atoms with van der Waals surface area (Å²) in [7, 11) is 0. The van der Waals surface area contributed by atoms with Crippen LogP contribution < -0.4 is 15.8 Å². The predicted octanol–water partition coefficient (Wildman–Crippen LogP) is 4.03. The second-order valence-corrected chi connectivity index (χ2v) is 7.52. The number of carbonyl (C=O) groups is 1. The molecule has 2 aliphatic rings. The summed E-state index contributed by atoms with van der Waals surface area (Å²) < 4.78 is 41.9. The first-order chi connectivity index (χ1) is 12.2. The molecular formula is C19H25F3N2O2. The fourth-order valence-corrected chi connectivity index (χ4v) is 4.30. The summed E-state index contributed by atoms with van der Waals surface area (Å²) in [6.45, 7) is 0.294. The third-order valence-corrected chi connectivity index (χ3v) is 5.72. The van der Waals surface area contributed by atoms with Gasteiger partial charge >= 0.3 is 6.18 Å². The number of fused-ring (bicyclic) bond motifs is 2. The van der Waals surface area contributed by atoms with Crippen molar-refractivity contribution in [2.45, 2.75) is 51.2 Å². The van der Waals surface area contributed by atoms with Crippen LogP contribution in [-0.2, 0) is 4.79 Å². The fourth-order valence-electron chi connectivity index (χ4n) is 4.30. The first kappa shape index (κ1) is 19.0. The SMILES string of the molecule is Cc1c(NC(=O)C2CC3CCCC(C2)C3N)cccc1OCC(F)(F)F. The van der Waals surface area contributed by atoms with Crippen LogP contribution in [0, 0.1) is 24.7 Å². The molecule has 3 rings (SSSR count). The van der Waals surface area contributed by atoms with Crippen molar-refractivity contribution >= 4 is 11.6 Å². The molecular weight excluding hydrogens is 345 g/mol. The van der Waals surface area contributed by atoms with Crippen molar-refractivity contribution in [3.05, 3.63) is 23.8 Å². The lowest BCUT2D eigenvalue weighted by Crippen LogP contribution is -2.48. The molecule has 2 saturated carbocycles. The lowest BCUT2D eigenvalue weighted by atomic mass is 9.65. The summed E-state index contributed by atoms with van der Waals surface area (Å²) in [5.41, 5.74) is 7.26. The van der Waals surface area contributed by atoms with E-state index in [9.17, 15) is 18.0 Å². The predicted molar refractivity (Wildman–Crippen MR) is 92.9 cm³/mol. The molecule has 2 unspecified atom stereocenters. The zero-order valence-corrected chi connectivity index (χ0v) is 14.8. The van der Waals surface area contributed by atoms with Crippen LogP contribution in [0.15, 0.2) is 18.2 Å². The van der Waals surface area contributed by atoms with Crippen molar-refractivity contribution < 1.29 is 22.7 Å². The van der Waals surface area contributed by atoms with Crippen LogP contribution in [0.25, 0.3) is 0 Å². The summed E-state index contributed by atoms with van der Waals surface area (Å²) in [6, 6.07) is 4.93. The second kappa shape index (κ2) is 7.47. The Kier molecular flexibility index (Phi) is 5.46. The number of nitrogens with two attached hydrogens (primary N) is 1. The zero-order valence-electron chi connectivity index (χ0n) is 14.8. The van der Waals surface area contributed by atoms with E-state index in [1.165, 1.54) is 12.5 Å². The average molecular weight is 370 g/mol. The molecule has 0 saturated heterocycles. The van der Waals surface area contributed by atoms with Gasteiger partial charge in [-0.15, -0.1) is 0 Å². The molecule has 0 spiro atoms. The van der Waals surface area contributed by atoms with E-state index < -0.39 is 12.8 Å². The number of nitrogens with one attached hydrogen (secondary N) is 1. The van der Waals surface area contributed by atoms with E-state index in [0.717, 1.165) is 25.7 Å². The van der Waals surface area contributed by atoms with E-state index in [-0.39, 0.29) is 23.6 Å². The minimum absolute atomic E-state index is 0.0788. The van der Waals surface area contributed by atoms with E-state index in [2.05, 4.69) is 5.32 Å². The summed E-state index contributed by atoms with van der Waals surface area (Å²) in [4.78, 5) is 12.7. The first-order valence-electron chi connectivity index (χ1n) is 9.10. The van der Waals surface area contributed by atoms with Gasteiger partial charge in [0.15, 0.2) is 6.61 Å². The molecule has 26 heavy (non-hydrogen) atoms. The molecule has 2 aliphatic carbocycles. The number of rotatable bonds is 4. The number of halogens is 3. The molecule has 2 atom stereocenters. The van der Waals surface area contributed by atoms with Crippen LogP contribution in [-0.4, -0.2) is 24.7 Å². The number of hydrogen-bond donors (Lipinski definition) is 2.